The van der Waals surface area contributed by atoms with E-state index in [0.717, 1.165) is 36.6 Å². The average molecular weight is 651 g/mol. The first-order valence-electron chi connectivity index (χ1n) is 15.2. The van der Waals surface area contributed by atoms with Crippen molar-refractivity contribution in [3.05, 3.63) is 82.9 Å². The molecule has 0 unspecified atom stereocenters. The van der Waals surface area contributed by atoms with Crippen LogP contribution in [-0.2, 0) is 15.8 Å². The summed E-state index contributed by atoms with van der Waals surface area (Å²) in [7, 11) is 0. The summed E-state index contributed by atoms with van der Waals surface area (Å²) < 4.78 is 70.4. The number of primary amides is 1. The predicted octanol–water partition coefficient (Wildman–Crippen LogP) is 4.99. The highest BCUT2D eigenvalue weighted by Crippen LogP contribution is 2.56. The number of aromatic nitrogens is 2. The molecule has 7 rings (SSSR count). The molecule has 1 aliphatic heterocycles. The Balaban J connectivity index is 1.30. The van der Waals surface area contributed by atoms with E-state index in [1.165, 1.54) is 24.3 Å². The summed E-state index contributed by atoms with van der Waals surface area (Å²) in [6, 6.07) is 10.5. The second-order valence-electron chi connectivity index (χ2n) is 12.6. The van der Waals surface area contributed by atoms with E-state index < -0.39 is 47.1 Å². The van der Waals surface area contributed by atoms with Crippen molar-refractivity contribution < 1.29 is 41.7 Å². The maximum atomic E-state index is 14.9. The van der Waals surface area contributed by atoms with Crippen LogP contribution in [0.15, 0.2) is 54.7 Å². The van der Waals surface area contributed by atoms with Gasteiger partial charge in [-0.05, 0) is 92.6 Å². The number of rotatable bonds is 9. The van der Waals surface area contributed by atoms with Crippen LogP contribution in [0.5, 0.6) is 11.5 Å². The number of halogens is 4. The fraction of sp³-hybridized carbons (Fsp3) is 0.353. The van der Waals surface area contributed by atoms with Crippen LogP contribution >= 0.6 is 0 Å². The Labute approximate surface area is 266 Å². The molecule has 2 aliphatic carbocycles. The zero-order valence-corrected chi connectivity index (χ0v) is 25.2. The van der Waals surface area contributed by atoms with Gasteiger partial charge < -0.3 is 25.6 Å². The van der Waals surface area contributed by atoms with Crippen LogP contribution < -0.4 is 20.5 Å². The first-order chi connectivity index (χ1) is 22.3. The predicted molar refractivity (Wildman–Crippen MR) is 161 cm³/mol. The highest BCUT2D eigenvalue weighted by Gasteiger charge is 2.60. The van der Waals surface area contributed by atoms with Crippen molar-refractivity contribution in [1.82, 2.24) is 15.3 Å². The molecule has 2 saturated carbocycles. The largest absolute Gasteiger partial charge is 0.489 e. The second kappa shape index (κ2) is 10.9. The number of nitrogens with zero attached hydrogens (tertiary/aromatic N) is 2. The van der Waals surface area contributed by atoms with Gasteiger partial charge in [-0.2, -0.15) is 13.2 Å². The first kappa shape index (κ1) is 30.9. The molecule has 0 radical (unpaired) electrons. The van der Waals surface area contributed by atoms with Crippen molar-refractivity contribution in [2.75, 3.05) is 13.2 Å². The third-order valence-electron chi connectivity index (χ3n) is 9.09. The van der Waals surface area contributed by atoms with E-state index in [-0.39, 0.29) is 46.8 Å². The molecule has 2 amide bonds. The van der Waals surface area contributed by atoms with Crippen LogP contribution in [0.2, 0.25) is 0 Å². The van der Waals surface area contributed by atoms with Gasteiger partial charge in [0.15, 0.2) is 0 Å². The maximum absolute atomic E-state index is 14.9. The zero-order valence-electron chi connectivity index (χ0n) is 25.2. The molecule has 2 aromatic heterocycles. The molecule has 4 N–H and O–H groups in total. The van der Waals surface area contributed by atoms with E-state index in [1.54, 1.807) is 12.3 Å². The second-order valence-corrected chi connectivity index (χ2v) is 12.6. The van der Waals surface area contributed by atoms with E-state index >= 15 is 0 Å². The molecule has 2 aromatic carbocycles. The average Bonchev–Trinajstić information content (AvgIpc) is 3.97. The van der Waals surface area contributed by atoms with Crippen molar-refractivity contribution >= 4 is 22.7 Å². The normalized spacial score (nSPS) is 20.3. The monoisotopic (exact) mass is 650 g/mol. The van der Waals surface area contributed by atoms with Crippen LogP contribution in [0.1, 0.15) is 52.9 Å². The number of aryl methyl sites for hydroxylation is 1. The molecule has 47 heavy (non-hydrogen) atoms. The van der Waals surface area contributed by atoms with Crippen molar-refractivity contribution in [2.45, 2.75) is 55.9 Å². The molecule has 0 bridgehead atoms. The van der Waals surface area contributed by atoms with E-state index in [2.05, 4.69) is 15.3 Å². The molecular formula is C34H30F4N4O5. The number of alkyl halides is 3. The number of hydrogen-bond acceptors (Lipinski definition) is 7. The lowest BCUT2D eigenvalue weighted by molar-refractivity contribution is -0.265. The lowest BCUT2D eigenvalue weighted by Gasteiger charge is -2.32. The number of aliphatic hydroxyl groups is 1. The van der Waals surface area contributed by atoms with Gasteiger partial charge in [0.25, 0.3) is 5.91 Å². The van der Waals surface area contributed by atoms with E-state index in [4.69, 9.17) is 15.2 Å². The lowest BCUT2D eigenvalue weighted by atomic mass is 9.76. The molecule has 4 aromatic rings. The van der Waals surface area contributed by atoms with Crippen LogP contribution in [0, 0.1) is 18.7 Å². The molecule has 2 atom stereocenters. The molecule has 3 heterocycles. The SMILES string of the molecule is Cc1cnc2c(OC3CC3)cc(C(=O)NC[C@](O)(c3cc4c(c(-c5ccc(F)cc5)n3)OC[C@@]4(C(N)=O)C3CC3)C(F)(F)F)cc2c1. The number of benzene rings is 2. The Morgan fingerprint density at radius 1 is 1.11 bits per heavy atom. The molecule has 244 valence electrons. The summed E-state index contributed by atoms with van der Waals surface area (Å²) in [5.41, 5.74) is 1.25. The van der Waals surface area contributed by atoms with Gasteiger partial charge in [-0.1, -0.05) is 0 Å². The number of nitrogens with two attached hydrogens (primary N) is 1. The summed E-state index contributed by atoms with van der Waals surface area (Å²) in [5, 5.41) is 14.3. The molecular weight excluding hydrogens is 620 g/mol. The van der Waals surface area contributed by atoms with Gasteiger partial charge in [0.2, 0.25) is 11.5 Å². The molecule has 13 heteroatoms. The number of amides is 2. The first-order valence-corrected chi connectivity index (χ1v) is 15.2. The van der Waals surface area contributed by atoms with Crippen LogP contribution in [0.4, 0.5) is 17.6 Å². The third-order valence-corrected chi connectivity index (χ3v) is 9.09. The molecule has 9 nitrogen and oxygen atoms in total. The summed E-state index contributed by atoms with van der Waals surface area (Å²) >= 11 is 0. The van der Waals surface area contributed by atoms with Gasteiger partial charge in [-0.3, -0.25) is 14.6 Å². The van der Waals surface area contributed by atoms with Gasteiger partial charge in [-0.15, -0.1) is 0 Å². The van der Waals surface area contributed by atoms with Crippen molar-refractivity contribution in [3.63, 3.8) is 0 Å². The summed E-state index contributed by atoms with van der Waals surface area (Å²) in [6.45, 7) is 0.278. The number of fused-ring (bicyclic) bond motifs is 2. The van der Waals surface area contributed by atoms with E-state index in [9.17, 15) is 32.3 Å². The number of carbonyl (C=O) groups excluding carboxylic acids is 2. The maximum Gasteiger partial charge on any atom is 0.424 e. The smallest absolute Gasteiger partial charge is 0.424 e. The number of hydrogen-bond donors (Lipinski definition) is 3. The van der Waals surface area contributed by atoms with Crippen LogP contribution in [-0.4, -0.2) is 52.3 Å². The van der Waals surface area contributed by atoms with Crippen LogP contribution in [0.3, 0.4) is 0 Å². The molecule has 0 saturated heterocycles. The molecule has 0 spiro atoms. The summed E-state index contributed by atoms with van der Waals surface area (Å²) in [5.74, 6) is -2.20. The molecule has 3 aliphatic rings. The molecule has 2 fully saturated rings. The zero-order chi connectivity index (χ0) is 33.3. The fourth-order valence-corrected chi connectivity index (χ4v) is 6.17. The van der Waals surface area contributed by atoms with Crippen LogP contribution in [0.25, 0.3) is 22.2 Å². The minimum atomic E-state index is -5.35. The Morgan fingerprint density at radius 2 is 1.83 bits per heavy atom. The Bertz CT molecular complexity index is 1930. The van der Waals surface area contributed by atoms with Crippen molar-refractivity contribution in [2.24, 2.45) is 11.7 Å². The highest BCUT2D eigenvalue weighted by molar-refractivity contribution is 6.00. The standard InChI is InChI=1S/C34H30F4N4O5/c1-17-10-19-11-20(12-25(27(19)40-14-17)47-23-8-9-23)30(43)41-15-33(45,34(36,37)38)26-13-24-29(28(42-26)18-2-6-22(35)7-3-18)46-16-32(24,31(39)44)21-4-5-21/h2-3,6-7,10-14,21,23,45H,4-5,8-9,15-16H2,1H3,(H2,39,44)(H,41,43)/t32-,33+/m1/s1. The topological polar surface area (TPSA) is 137 Å². The minimum absolute atomic E-state index is 0.00821. The minimum Gasteiger partial charge on any atom is -0.489 e. The van der Waals surface area contributed by atoms with Gasteiger partial charge in [0.05, 0.1) is 18.3 Å². The Kier molecular flexibility index (Phi) is 7.15. The van der Waals surface area contributed by atoms with Crippen molar-refractivity contribution in [1.29, 1.82) is 0 Å². The third kappa shape index (κ3) is 5.32. The Hall–Kier alpha value is -4.78. The number of carbonyl (C=O) groups is 2. The van der Waals surface area contributed by atoms with Gasteiger partial charge in [0, 0.05) is 28.3 Å². The van der Waals surface area contributed by atoms with Crippen molar-refractivity contribution in [3.8, 4) is 22.8 Å². The quantitative estimate of drug-likeness (QED) is 0.217. The summed E-state index contributed by atoms with van der Waals surface area (Å²) in [4.78, 5) is 34.9. The number of nitrogens with one attached hydrogen (secondary N) is 1. The number of pyridine rings is 2. The highest BCUT2D eigenvalue weighted by atomic mass is 19.4. The van der Waals surface area contributed by atoms with Gasteiger partial charge in [-0.25, -0.2) is 9.37 Å². The Morgan fingerprint density at radius 3 is 2.47 bits per heavy atom. The summed E-state index contributed by atoms with van der Waals surface area (Å²) in [6.07, 6.45) is -0.873. The van der Waals surface area contributed by atoms with Gasteiger partial charge >= 0.3 is 6.18 Å². The van der Waals surface area contributed by atoms with Gasteiger partial charge in [0.1, 0.15) is 40.5 Å². The van der Waals surface area contributed by atoms with E-state index in [0.29, 0.717) is 29.5 Å². The van der Waals surface area contributed by atoms with E-state index in [1.807, 2.05) is 6.92 Å². The lowest BCUT2D eigenvalue weighted by Crippen LogP contribution is -2.52. The number of ether oxygens (including phenoxy) is 2. The fourth-order valence-electron chi connectivity index (χ4n) is 6.17.